The van der Waals surface area contributed by atoms with E-state index in [2.05, 4.69) is 26.8 Å². The van der Waals surface area contributed by atoms with Gasteiger partial charge in [0.25, 0.3) is 11.8 Å². The van der Waals surface area contributed by atoms with Gasteiger partial charge in [-0.3, -0.25) is 20.4 Å². The number of nitrogens with one attached hydrogen (secondary N) is 2. The minimum Gasteiger partial charge on any atom is -0.493 e. The van der Waals surface area contributed by atoms with E-state index in [4.69, 9.17) is 18.9 Å². The van der Waals surface area contributed by atoms with Gasteiger partial charge in [0.1, 0.15) is 0 Å². The van der Waals surface area contributed by atoms with Crippen molar-refractivity contribution in [3.63, 3.8) is 0 Å². The molecule has 0 radical (unpaired) electrons. The molecule has 0 aromatic heterocycles. The van der Waals surface area contributed by atoms with E-state index in [0.717, 1.165) is 0 Å². The van der Waals surface area contributed by atoms with Crippen LogP contribution in [0.1, 0.15) is 48.4 Å². The highest BCUT2D eigenvalue weighted by Gasteiger charge is 2.17. The summed E-state index contributed by atoms with van der Waals surface area (Å²) in [6.45, 7) is 8.00. The number of carbonyl (C=O) groups is 2. The molecule has 172 valence electrons. The third-order valence-electron chi connectivity index (χ3n) is 3.65. The Bertz CT molecular complexity index is 858. The molecule has 0 saturated carbocycles. The van der Waals surface area contributed by atoms with Crippen LogP contribution in [0.25, 0.3) is 0 Å². The fraction of sp³-hybridized carbons (Fsp3) is 0.364. The van der Waals surface area contributed by atoms with Crippen molar-refractivity contribution in [3.05, 3.63) is 45.9 Å². The Labute approximate surface area is 192 Å². The molecule has 0 saturated heterocycles. The fourth-order valence-electron chi connectivity index (χ4n) is 2.26. The molecule has 2 rings (SSSR count). The first-order valence-corrected chi connectivity index (χ1v) is 10.5. The number of hydrogen-bond acceptors (Lipinski definition) is 6. The first-order chi connectivity index (χ1) is 14.9. The zero-order valence-corrected chi connectivity index (χ0v) is 20.8. The molecule has 2 N–H and O–H groups in total. The van der Waals surface area contributed by atoms with Gasteiger partial charge in [0.2, 0.25) is 0 Å². The molecule has 0 atom stereocenters. The number of halogens is 1. The largest absolute Gasteiger partial charge is 0.493 e. The summed E-state index contributed by atoms with van der Waals surface area (Å²) in [5.41, 5.74) is 5.26. The lowest BCUT2D eigenvalue weighted by Gasteiger charge is -2.13. The Morgan fingerprint density at radius 2 is 1.13 bits per heavy atom. The summed E-state index contributed by atoms with van der Waals surface area (Å²) < 4.78 is 21.1. The van der Waals surface area contributed by atoms with Gasteiger partial charge < -0.3 is 18.9 Å². The second kappa shape index (κ2) is 15.0. The molecule has 2 aromatic carbocycles. The standard InChI is InChI=1S/C18H19BrN2O6.2C2H6/c1-24-13-6-5-10(7-14(13)25-2)17(22)20-21-18(23)11-8-15(26-3)16(27-4)9-12(11)19;2*1-2/h5-9H,1-4H3,(H,20,22)(H,21,23);2*1-2H3. The normalized spacial score (nSPS) is 9.06. The van der Waals surface area contributed by atoms with E-state index < -0.39 is 11.8 Å². The smallest absolute Gasteiger partial charge is 0.270 e. The number of hydrogen-bond donors (Lipinski definition) is 2. The summed E-state index contributed by atoms with van der Waals surface area (Å²) >= 11 is 3.30. The first kappa shape index (κ1) is 28.1. The Balaban J connectivity index is 0.00000212. The monoisotopic (exact) mass is 498 g/mol. The van der Waals surface area contributed by atoms with E-state index in [0.29, 0.717) is 33.0 Å². The topological polar surface area (TPSA) is 95.1 Å². The molecule has 0 fully saturated rings. The predicted molar refractivity (Wildman–Crippen MR) is 124 cm³/mol. The van der Waals surface area contributed by atoms with E-state index in [1.54, 1.807) is 18.2 Å². The average molecular weight is 499 g/mol. The van der Waals surface area contributed by atoms with Crippen molar-refractivity contribution in [2.75, 3.05) is 28.4 Å². The van der Waals surface area contributed by atoms with Crippen molar-refractivity contribution >= 4 is 27.7 Å². The van der Waals surface area contributed by atoms with Crippen molar-refractivity contribution in [2.45, 2.75) is 27.7 Å². The summed E-state index contributed by atoms with van der Waals surface area (Å²) in [4.78, 5) is 24.7. The van der Waals surface area contributed by atoms with Crippen LogP contribution in [0, 0.1) is 0 Å². The third-order valence-corrected chi connectivity index (χ3v) is 4.31. The first-order valence-electron chi connectivity index (χ1n) is 9.69. The van der Waals surface area contributed by atoms with Gasteiger partial charge in [-0.15, -0.1) is 0 Å². The van der Waals surface area contributed by atoms with Crippen molar-refractivity contribution in [2.24, 2.45) is 0 Å². The highest BCUT2D eigenvalue weighted by molar-refractivity contribution is 9.10. The summed E-state index contributed by atoms with van der Waals surface area (Å²) in [6, 6.07) is 7.76. The van der Waals surface area contributed by atoms with E-state index in [-0.39, 0.29) is 5.56 Å². The fourth-order valence-corrected chi connectivity index (χ4v) is 2.76. The number of methoxy groups -OCH3 is 4. The third kappa shape index (κ3) is 7.67. The molecule has 0 unspecified atom stereocenters. The van der Waals surface area contributed by atoms with Crippen LogP contribution in [0.5, 0.6) is 23.0 Å². The number of rotatable bonds is 6. The molecule has 0 aliphatic carbocycles. The second-order valence-corrected chi connectivity index (χ2v) is 6.02. The maximum atomic E-state index is 12.4. The summed E-state index contributed by atoms with van der Waals surface area (Å²) in [5.74, 6) is 0.705. The van der Waals surface area contributed by atoms with E-state index in [1.807, 2.05) is 27.7 Å². The molecule has 0 aliphatic heterocycles. The quantitative estimate of drug-likeness (QED) is 0.564. The van der Waals surface area contributed by atoms with Gasteiger partial charge in [-0.25, -0.2) is 0 Å². The van der Waals surface area contributed by atoms with Crippen molar-refractivity contribution in [1.82, 2.24) is 10.9 Å². The van der Waals surface area contributed by atoms with E-state index in [9.17, 15) is 9.59 Å². The van der Waals surface area contributed by atoms with Gasteiger partial charge in [-0.2, -0.15) is 0 Å². The molecule has 2 aromatic rings. The number of amides is 2. The lowest BCUT2D eigenvalue weighted by Crippen LogP contribution is -2.41. The van der Waals surface area contributed by atoms with Crippen molar-refractivity contribution < 1.29 is 28.5 Å². The molecule has 31 heavy (non-hydrogen) atoms. The zero-order valence-electron chi connectivity index (χ0n) is 19.2. The highest BCUT2D eigenvalue weighted by atomic mass is 79.9. The lowest BCUT2D eigenvalue weighted by molar-refractivity contribution is 0.0846. The minimum atomic E-state index is -0.531. The average Bonchev–Trinajstić information content (AvgIpc) is 2.83. The van der Waals surface area contributed by atoms with Gasteiger partial charge >= 0.3 is 0 Å². The SMILES string of the molecule is CC.CC.COc1ccc(C(=O)NNC(=O)c2cc(OC)c(OC)cc2Br)cc1OC. The predicted octanol–water partition coefficient (Wildman–Crippen LogP) is 4.61. The van der Waals surface area contributed by atoms with E-state index in [1.165, 1.54) is 40.6 Å². The maximum Gasteiger partial charge on any atom is 0.270 e. The van der Waals surface area contributed by atoms with Gasteiger partial charge in [0, 0.05) is 10.0 Å². The molecule has 9 heteroatoms. The summed E-state index contributed by atoms with van der Waals surface area (Å²) in [7, 11) is 5.92. The van der Waals surface area contributed by atoms with Gasteiger partial charge in [-0.1, -0.05) is 27.7 Å². The second-order valence-electron chi connectivity index (χ2n) is 5.17. The van der Waals surface area contributed by atoms with Crippen molar-refractivity contribution in [1.29, 1.82) is 0 Å². The molecule has 2 amide bonds. The molecule has 0 heterocycles. The number of hydrazine groups is 1. The van der Waals surface area contributed by atoms with Crippen LogP contribution in [0.3, 0.4) is 0 Å². The Kier molecular flexibility index (Phi) is 13.5. The lowest BCUT2D eigenvalue weighted by atomic mass is 10.2. The van der Waals surface area contributed by atoms with Gasteiger partial charge in [0.15, 0.2) is 23.0 Å². The van der Waals surface area contributed by atoms with Crippen LogP contribution >= 0.6 is 15.9 Å². The molecule has 8 nitrogen and oxygen atoms in total. The van der Waals surface area contributed by atoms with E-state index >= 15 is 0 Å². The number of ether oxygens (including phenoxy) is 4. The van der Waals surface area contributed by atoms with Crippen molar-refractivity contribution in [3.8, 4) is 23.0 Å². The number of carbonyl (C=O) groups excluding carboxylic acids is 2. The van der Waals surface area contributed by atoms with Crippen LogP contribution in [-0.2, 0) is 0 Å². The molecule has 0 spiro atoms. The Morgan fingerprint density at radius 1 is 0.677 bits per heavy atom. The molecular weight excluding hydrogens is 468 g/mol. The van der Waals surface area contributed by atoms with Crippen LogP contribution < -0.4 is 29.8 Å². The highest BCUT2D eigenvalue weighted by Crippen LogP contribution is 2.33. The molecule has 0 aliphatic rings. The minimum absolute atomic E-state index is 0.264. The Morgan fingerprint density at radius 3 is 1.65 bits per heavy atom. The van der Waals surface area contributed by atoms with Crippen LogP contribution in [0.15, 0.2) is 34.8 Å². The Hall–Kier alpha value is -2.94. The summed E-state index contributed by atoms with van der Waals surface area (Å²) in [6.07, 6.45) is 0. The molecular formula is C22H31BrN2O6. The van der Waals surface area contributed by atoms with Crippen LogP contribution in [0.4, 0.5) is 0 Å². The zero-order chi connectivity index (χ0) is 24.0. The molecule has 0 bridgehead atoms. The van der Waals surface area contributed by atoms with Gasteiger partial charge in [0.05, 0.1) is 34.0 Å². The van der Waals surface area contributed by atoms with Crippen LogP contribution in [0.2, 0.25) is 0 Å². The summed E-state index contributed by atoms with van der Waals surface area (Å²) in [5, 5.41) is 0. The van der Waals surface area contributed by atoms with Crippen LogP contribution in [-0.4, -0.2) is 40.3 Å². The maximum absolute atomic E-state index is 12.4. The number of benzene rings is 2. The van der Waals surface area contributed by atoms with Gasteiger partial charge in [-0.05, 0) is 46.3 Å².